The van der Waals surface area contributed by atoms with Gasteiger partial charge in [0.15, 0.2) is 0 Å². The molecule has 2 aromatic rings. The molecule has 0 bridgehead atoms. The third-order valence-corrected chi connectivity index (χ3v) is 5.00. The van der Waals surface area contributed by atoms with Gasteiger partial charge in [-0.3, -0.25) is 0 Å². The van der Waals surface area contributed by atoms with Crippen molar-refractivity contribution in [1.82, 2.24) is 0 Å². The molecule has 0 aliphatic carbocycles. The molecule has 128 valence electrons. The van der Waals surface area contributed by atoms with Crippen molar-refractivity contribution < 1.29 is 22.5 Å². The number of esters is 1. The standard InChI is InChI=1S/C18H20O5S/c1-4-18(2,3)13-9-11-14(12-10-13)23-17(19)15-7-5-6-8-16(15)24(20,21)22/h5-12H,4H2,1-3H3,(H,20,21,22)/p-1. The summed E-state index contributed by atoms with van der Waals surface area (Å²) in [5.41, 5.74) is 0.837. The van der Waals surface area contributed by atoms with E-state index in [2.05, 4.69) is 20.8 Å². The van der Waals surface area contributed by atoms with E-state index in [-0.39, 0.29) is 16.7 Å². The van der Waals surface area contributed by atoms with Crippen molar-refractivity contribution in [2.75, 3.05) is 0 Å². The third-order valence-electron chi connectivity index (χ3n) is 4.11. The van der Waals surface area contributed by atoms with Crippen LogP contribution in [0.15, 0.2) is 53.4 Å². The van der Waals surface area contributed by atoms with E-state index in [1.165, 1.54) is 18.2 Å². The first-order chi connectivity index (χ1) is 11.1. The zero-order valence-corrected chi connectivity index (χ0v) is 14.6. The Hall–Kier alpha value is -2.18. The van der Waals surface area contributed by atoms with Crippen LogP contribution in [0.4, 0.5) is 0 Å². The fourth-order valence-electron chi connectivity index (χ4n) is 2.19. The summed E-state index contributed by atoms with van der Waals surface area (Å²) in [5, 5.41) is 0. The second kappa shape index (κ2) is 6.75. The highest BCUT2D eigenvalue weighted by molar-refractivity contribution is 7.85. The Morgan fingerprint density at radius 1 is 1.08 bits per heavy atom. The number of hydrogen-bond acceptors (Lipinski definition) is 5. The van der Waals surface area contributed by atoms with Crippen LogP contribution in [0.1, 0.15) is 43.1 Å². The van der Waals surface area contributed by atoms with Crippen LogP contribution >= 0.6 is 0 Å². The molecule has 2 aromatic carbocycles. The summed E-state index contributed by atoms with van der Waals surface area (Å²) in [5.74, 6) is -0.596. The van der Waals surface area contributed by atoms with Gasteiger partial charge in [0.1, 0.15) is 15.9 Å². The summed E-state index contributed by atoms with van der Waals surface area (Å²) in [6, 6.07) is 12.2. The van der Waals surface area contributed by atoms with Crippen LogP contribution in [-0.4, -0.2) is 18.9 Å². The minimum atomic E-state index is -4.75. The van der Waals surface area contributed by atoms with Crippen LogP contribution in [0, 0.1) is 0 Å². The predicted molar refractivity (Wildman–Crippen MR) is 89.1 cm³/mol. The van der Waals surface area contributed by atoms with Gasteiger partial charge in [0.25, 0.3) is 0 Å². The monoisotopic (exact) mass is 347 g/mol. The van der Waals surface area contributed by atoms with Gasteiger partial charge in [0, 0.05) is 0 Å². The first-order valence-electron chi connectivity index (χ1n) is 7.53. The fraction of sp³-hybridized carbons (Fsp3) is 0.278. The quantitative estimate of drug-likeness (QED) is 0.469. The summed E-state index contributed by atoms with van der Waals surface area (Å²) in [6.07, 6.45) is 0.959. The van der Waals surface area contributed by atoms with Gasteiger partial charge in [0.2, 0.25) is 0 Å². The van der Waals surface area contributed by atoms with Gasteiger partial charge in [0.05, 0.1) is 10.5 Å². The van der Waals surface area contributed by atoms with Crippen LogP contribution in [-0.2, 0) is 15.5 Å². The van der Waals surface area contributed by atoms with Gasteiger partial charge in [-0.1, -0.05) is 45.0 Å². The average molecular weight is 347 g/mol. The lowest BCUT2D eigenvalue weighted by atomic mass is 9.82. The molecule has 0 radical (unpaired) electrons. The molecule has 2 rings (SSSR count). The van der Waals surface area contributed by atoms with Gasteiger partial charge in [-0.15, -0.1) is 0 Å². The Morgan fingerprint density at radius 2 is 1.67 bits per heavy atom. The summed E-state index contributed by atoms with van der Waals surface area (Å²) < 4.78 is 38.9. The number of hydrogen-bond donors (Lipinski definition) is 0. The highest BCUT2D eigenvalue weighted by Crippen LogP contribution is 2.28. The van der Waals surface area contributed by atoms with Crippen molar-refractivity contribution in [3.8, 4) is 5.75 Å². The minimum Gasteiger partial charge on any atom is -0.744 e. The first kappa shape index (κ1) is 18.2. The zero-order chi connectivity index (χ0) is 18.0. The second-order valence-electron chi connectivity index (χ2n) is 6.10. The molecule has 0 unspecified atom stereocenters. The maximum atomic E-state index is 12.2. The Balaban J connectivity index is 2.26. The Labute approximate surface area is 142 Å². The molecule has 0 aliphatic rings. The Kier molecular flexibility index (Phi) is 5.11. The number of carbonyl (C=O) groups is 1. The topological polar surface area (TPSA) is 83.5 Å². The number of carbonyl (C=O) groups excluding carboxylic acids is 1. The number of ether oxygens (including phenoxy) is 1. The van der Waals surface area contributed by atoms with Crippen LogP contribution < -0.4 is 4.74 Å². The first-order valence-corrected chi connectivity index (χ1v) is 8.93. The zero-order valence-electron chi connectivity index (χ0n) is 13.8. The lowest BCUT2D eigenvalue weighted by Gasteiger charge is -2.23. The van der Waals surface area contributed by atoms with Crippen LogP contribution in [0.25, 0.3) is 0 Å². The lowest BCUT2D eigenvalue weighted by Crippen LogP contribution is -2.16. The molecule has 0 N–H and O–H groups in total. The summed E-state index contributed by atoms with van der Waals surface area (Å²) in [7, 11) is -4.75. The van der Waals surface area contributed by atoms with Crippen LogP contribution in [0.3, 0.4) is 0 Å². The highest BCUT2D eigenvalue weighted by Gasteiger charge is 2.19. The maximum Gasteiger partial charge on any atom is 0.344 e. The van der Waals surface area contributed by atoms with Gasteiger partial charge >= 0.3 is 5.97 Å². The molecule has 0 amide bonds. The van der Waals surface area contributed by atoms with Crippen molar-refractivity contribution in [2.45, 2.75) is 37.5 Å². The molecular weight excluding hydrogens is 328 g/mol. The van der Waals surface area contributed by atoms with Crippen molar-refractivity contribution in [1.29, 1.82) is 0 Å². The van der Waals surface area contributed by atoms with Gasteiger partial charge in [-0.25, -0.2) is 13.2 Å². The number of rotatable bonds is 5. The van der Waals surface area contributed by atoms with Gasteiger partial charge in [-0.05, 0) is 41.7 Å². The normalized spacial score (nSPS) is 12.0. The molecule has 24 heavy (non-hydrogen) atoms. The van der Waals surface area contributed by atoms with E-state index in [1.807, 2.05) is 12.1 Å². The van der Waals surface area contributed by atoms with E-state index in [0.717, 1.165) is 18.1 Å². The van der Waals surface area contributed by atoms with E-state index in [1.54, 1.807) is 12.1 Å². The molecule has 0 heterocycles. The molecule has 0 saturated carbocycles. The molecule has 5 nitrogen and oxygen atoms in total. The average Bonchev–Trinajstić information content (AvgIpc) is 2.54. The predicted octanol–water partition coefficient (Wildman–Crippen LogP) is 3.50. The van der Waals surface area contributed by atoms with Crippen molar-refractivity contribution in [3.05, 3.63) is 59.7 Å². The lowest BCUT2D eigenvalue weighted by molar-refractivity contribution is 0.0730. The molecule has 0 aliphatic heterocycles. The van der Waals surface area contributed by atoms with E-state index >= 15 is 0 Å². The van der Waals surface area contributed by atoms with Gasteiger partial charge < -0.3 is 9.29 Å². The second-order valence-corrected chi connectivity index (χ2v) is 7.45. The highest BCUT2D eigenvalue weighted by atomic mass is 32.2. The Morgan fingerprint density at radius 3 is 2.21 bits per heavy atom. The van der Waals surface area contributed by atoms with Crippen molar-refractivity contribution >= 4 is 16.1 Å². The molecule has 0 aromatic heterocycles. The van der Waals surface area contributed by atoms with E-state index < -0.39 is 21.0 Å². The molecule has 0 saturated heterocycles. The third kappa shape index (κ3) is 4.01. The van der Waals surface area contributed by atoms with E-state index in [0.29, 0.717) is 0 Å². The van der Waals surface area contributed by atoms with Gasteiger partial charge in [-0.2, -0.15) is 0 Å². The molecule has 6 heteroatoms. The SMILES string of the molecule is CCC(C)(C)c1ccc(OC(=O)c2ccccc2S(=O)(=O)[O-])cc1. The summed E-state index contributed by atoms with van der Waals surface area (Å²) in [4.78, 5) is 11.6. The summed E-state index contributed by atoms with van der Waals surface area (Å²) >= 11 is 0. The molecule has 0 spiro atoms. The largest absolute Gasteiger partial charge is 0.744 e. The fourth-order valence-corrected chi connectivity index (χ4v) is 2.86. The smallest absolute Gasteiger partial charge is 0.344 e. The molecule has 0 atom stereocenters. The summed E-state index contributed by atoms with van der Waals surface area (Å²) in [6.45, 7) is 6.32. The Bertz CT molecular complexity index is 836. The van der Waals surface area contributed by atoms with Crippen LogP contribution in [0.2, 0.25) is 0 Å². The van der Waals surface area contributed by atoms with Crippen molar-refractivity contribution in [2.24, 2.45) is 0 Å². The van der Waals surface area contributed by atoms with E-state index in [9.17, 15) is 17.8 Å². The van der Waals surface area contributed by atoms with E-state index in [4.69, 9.17) is 4.74 Å². The van der Waals surface area contributed by atoms with Crippen molar-refractivity contribution in [3.63, 3.8) is 0 Å². The minimum absolute atomic E-state index is 0.00573. The molecular formula is C18H19O5S-. The maximum absolute atomic E-state index is 12.2. The van der Waals surface area contributed by atoms with Crippen LogP contribution in [0.5, 0.6) is 5.75 Å². The molecule has 0 fully saturated rings. The number of benzene rings is 2.